The number of H-pyrrole nitrogens is 1. The number of rotatable bonds is 7. The fraction of sp³-hybridized carbons (Fsp3) is 0.208. The van der Waals surface area contributed by atoms with E-state index in [4.69, 9.17) is 14.6 Å². The van der Waals surface area contributed by atoms with Crippen LogP contribution in [0, 0.1) is 0 Å². The van der Waals surface area contributed by atoms with Crippen LogP contribution in [-0.4, -0.2) is 34.6 Å². The highest BCUT2D eigenvalue weighted by Crippen LogP contribution is 2.40. The van der Waals surface area contributed by atoms with E-state index in [1.165, 1.54) is 6.08 Å². The number of hydrogen-bond acceptors (Lipinski definition) is 7. The Kier molecular flexibility index (Phi) is 6.03. The molecule has 1 aliphatic heterocycles. The average molecular weight is 448 g/mol. The van der Waals surface area contributed by atoms with Gasteiger partial charge in [-0.25, -0.2) is 4.79 Å². The highest BCUT2D eigenvalue weighted by Gasteiger charge is 2.33. The second-order valence-corrected chi connectivity index (χ2v) is 7.42. The number of methoxy groups -OCH3 is 2. The summed E-state index contributed by atoms with van der Waals surface area (Å²) in [5.41, 5.74) is 0.595. The molecule has 1 atom stereocenters. The minimum atomic E-state index is -0.712. The first kappa shape index (κ1) is 21.9. The van der Waals surface area contributed by atoms with Crippen LogP contribution in [0.5, 0.6) is 17.4 Å². The first-order valence-electron chi connectivity index (χ1n) is 10.3. The highest BCUT2D eigenvalue weighted by atomic mass is 16.5. The molecule has 1 aromatic heterocycles. The first-order valence-corrected chi connectivity index (χ1v) is 10.3. The van der Waals surface area contributed by atoms with Gasteiger partial charge in [0.05, 0.1) is 31.7 Å². The zero-order valence-corrected chi connectivity index (χ0v) is 18.3. The molecule has 0 bridgehead atoms. The molecule has 0 saturated heterocycles. The van der Waals surface area contributed by atoms with Crippen molar-refractivity contribution in [3.63, 3.8) is 0 Å². The zero-order valence-electron chi connectivity index (χ0n) is 18.3. The van der Waals surface area contributed by atoms with E-state index in [1.54, 1.807) is 19.2 Å². The summed E-state index contributed by atoms with van der Waals surface area (Å²) in [4.78, 5) is 27.1. The summed E-state index contributed by atoms with van der Waals surface area (Å²) in [5.74, 6) is 0.720. The summed E-state index contributed by atoms with van der Waals surface area (Å²) in [6, 6.07) is 14.8. The number of para-hydroxylation sites is 1. The van der Waals surface area contributed by atoms with E-state index in [-0.39, 0.29) is 18.2 Å². The van der Waals surface area contributed by atoms with Crippen molar-refractivity contribution in [3.05, 3.63) is 93.2 Å². The van der Waals surface area contributed by atoms with Gasteiger partial charge in [-0.2, -0.15) is 5.10 Å². The van der Waals surface area contributed by atoms with E-state index in [0.29, 0.717) is 23.6 Å². The number of aromatic hydroxyl groups is 1. The third kappa shape index (κ3) is 4.00. The molecule has 9 heteroatoms. The number of hydrogen-bond donors (Lipinski definition) is 2. The summed E-state index contributed by atoms with van der Waals surface area (Å²) < 4.78 is 11.9. The van der Waals surface area contributed by atoms with Crippen molar-refractivity contribution in [1.29, 1.82) is 0 Å². The molecule has 170 valence electrons. The lowest BCUT2D eigenvalue weighted by molar-refractivity contribution is 0.354. The minimum Gasteiger partial charge on any atom is -0.494 e. The van der Waals surface area contributed by atoms with Crippen LogP contribution >= 0.6 is 0 Å². The molecule has 9 nitrogen and oxygen atoms in total. The molecule has 2 heterocycles. The number of hydrazone groups is 1. The minimum absolute atomic E-state index is 0.0413. The van der Waals surface area contributed by atoms with Gasteiger partial charge in [0.1, 0.15) is 5.56 Å². The van der Waals surface area contributed by atoms with E-state index >= 15 is 0 Å². The summed E-state index contributed by atoms with van der Waals surface area (Å²) >= 11 is 0. The molecule has 3 aromatic rings. The Hall–Kier alpha value is -4.27. The predicted octanol–water partition coefficient (Wildman–Crippen LogP) is 2.80. The molecule has 2 N–H and O–H groups in total. The SMILES string of the molecule is C=CCn1c(O)c(C2=NN(c3ccccc3)C(c3ccc(OC)c(OC)c3)C2)c(=O)[nH]c1=O. The molecule has 0 radical (unpaired) electrons. The van der Waals surface area contributed by atoms with Crippen LogP contribution in [0.4, 0.5) is 5.69 Å². The third-order valence-corrected chi connectivity index (χ3v) is 5.50. The number of benzene rings is 2. The smallest absolute Gasteiger partial charge is 0.331 e. The summed E-state index contributed by atoms with van der Waals surface area (Å²) in [7, 11) is 3.13. The lowest BCUT2D eigenvalue weighted by Crippen LogP contribution is -2.33. The van der Waals surface area contributed by atoms with E-state index in [9.17, 15) is 14.7 Å². The monoisotopic (exact) mass is 448 g/mol. The van der Waals surface area contributed by atoms with Crippen molar-refractivity contribution in [2.24, 2.45) is 5.10 Å². The molecule has 1 unspecified atom stereocenters. The standard InChI is InChI=1S/C24H24N4O5/c1-4-12-27-23(30)21(22(29)25-24(27)31)17-14-18(28(26-17)16-8-6-5-7-9-16)15-10-11-19(32-2)20(13-15)33-3/h4-11,13,18,30H,1,12,14H2,2-3H3,(H,25,29,31). The number of ether oxygens (including phenoxy) is 2. The molecule has 0 amide bonds. The fourth-order valence-corrected chi connectivity index (χ4v) is 3.92. The van der Waals surface area contributed by atoms with Gasteiger partial charge in [-0.15, -0.1) is 6.58 Å². The van der Waals surface area contributed by atoms with Crippen molar-refractivity contribution < 1.29 is 14.6 Å². The van der Waals surface area contributed by atoms with Crippen LogP contribution in [0.3, 0.4) is 0 Å². The lowest BCUT2D eigenvalue weighted by Gasteiger charge is -2.24. The lowest BCUT2D eigenvalue weighted by atomic mass is 9.98. The van der Waals surface area contributed by atoms with Crippen LogP contribution < -0.4 is 25.7 Å². The van der Waals surface area contributed by atoms with Crippen molar-refractivity contribution in [1.82, 2.24) is 9.55 Å². The normalized spacial score (nSPS) is 15.3. The van der Waals surface area contributed by atoms with E-state index in [0.717, 1.165) is 15.8 Å². The van der Waals surface area contributed by atoms with Crippen LogP contribution in [0.25, 0.3) is 0 Å². The van der Waals surface area contributed by atoms with Gasteiger partial charge >= 0.3 is 5.69 Å². The van der Waals surface area contributed by atoms with Gasteiger partial charge in [-0.1, -0.05) is 30.3 Å². The second kappa shape index (κ2) is 9.07. The Bertz CT molecular complexity index is 1330. The van der Waals surface area contributed by atoms with Gasteiger partial charge in [-0.05, 0) is 29.8 Å². The fourth-order valence-electron chi connectivity index (χ4n) is 3.92. The Balaban J connectivity index is 1.85. The first-order chi connectivity index (χ1) is 16.0. The maximum Gasteiger partial charge on any atom is 0.331 e. The van der Waals surface area contributed by atoms with Crippen molar-refractivity contribution >= 4 is 11.4 Å². The molecule has 2 aromatic carbocycles. The van der Waals surface area contributed by atoms with Crippen molar-refractivity contribution in [2.75, 3.05) is 19.2 Å². The van der Waals surface area contributed by atoms with E-state index in [1.807, 2.05) is 48.5 Å². The predicted molar refractivity (Wildman–Crippen MR) is 126 cm³/mol. The summed E-state index contributed by atoms with van der Waals surface area (Å²) in [6.45, 7) is 3.64. The number of aromatic amines is 1. The van der Waals surface area contributed by atoms with Gasteiger partial charge < -0.3 is 14.6 Å². The Morgan fingerprint density at radius 3 is 2.55 bits per heavy atom. The maximum absolute atomic E-state index is 12.7. The molecule has 33 heavy (non-hydrogen) atoms. The molecule has 4 rings (SSSR count). The number of aromatic nitrogens is 2. The Labute approximate surface area is 189 Å². The third-order valence-electron chi connectivity index (χ3n) is 5.50. The molecule has 0 aliphatic carbocycles. The van der Waals surface area contributed by atoms with Gasteiger partial charge in [0.25, 0.3) is 5.56 Å². The average Bonchev–Trinajstić information content (AvgIpc) is 3.26. The second-order valence-electron chi connectivity index (χ2n) is 7.42. The summed E-state index contributed by atoms with van der Waals surface area (Å²) in [5, 5.41) is 17.2. The molecule has 0 spiro atoms. The van der Waals surface area contributed by atoms with Gasteiger partial charge in [0, 0.05) is 13.0 Å². The van der Waals surface area contributed by atoms with Crippen LogP contribution in [-0.2, 0) is 6.54 Å². The Morgan fingerprint density at radius 2 is 1.88 bits per heavy atom. The quantitative estimate of drug-likeness (QED) is 0.538. The maximum atomic E-state index is 12.7. The van der Waals surface area contributed by atoms with Crippen molar-refractivity contribution in [2.45, 2.75) is 19.0 Å². The number of nitrogens with zero attached hydrogens (tertiary/aromatic N) is 3. The topological polar surface area (TPSA) is 109 Å². The molecular weight excluding hydrogens is 424 g/mol. The number of allylic oxidation sites excluding steroid dienone is 1. The molecular formula is C24H24N4O5. The number of nitrogens with one attached hydrogen (secondary N) is 1. The largest absolute Gasteiger partial charge is 0.494 e. The zero-order chi connectivity index (χ0) is 23.5. The van der Waals surface area contributed by atoms with Crippen LogP contribution in [0.1, 0.15) is 23.6 Å². The molecule has 0 saturated carbocycles. The highest BCUT2D eigenvalue weighted by molar-refractivity contribution is 6.04. The van der Waals surface area contributed by atoms with Crippen LogP contribution in [0.15, 0.2) is 75.9 Å². The number of anilines is 1. The van der Waals surface area contributed by atoms with Gasteiger partial charge in [0.15, 0.2) is 11.5 Å². The van der Waals surface area contributed by atoms with E-state index in [2.05, 4.69) is 11.6 Å². The Morgan fingerprint density at radius 1 is 1.15 bits per heavy atom. The summed E-state index contributed by atoms with van der Waals surface area (Å²) in [6.07, 6.45) is 1.77. The van der Waals surface area contributed by atoms with Gasteiger partial charge in [0.2, 0.25) is 5.88 Å². The van der Waals surface area contributed by atoms with Crippen LogP contribution in [0.2, 0.25) is 0 Å². The molecule has 1 aliphatic rings. The van der Waals surface area contributed by atoms with E-state index < -0.39 is 17.1 Å². The molecule has 0 fully saturated rings. The van der Waals surface area contributed by atoms with Crippen molar-refractivity contribution in [3.8, 4) is 17.4 Å². The van der Waals surface area contributed by atoms with Gasteiger partial charge in [-0.3, -0.25) is 19.4 Å².